The van der Waals surface area contributed by atoms with Crippen LogP contribution < -0.4 is 0 Å². The van der Waals surface area contributed by atoms with Crippen molar-refractivity contribution in [2.24, 2.45) is 5.41 Å². The fourth-order valence-corrected chi connectivity index (χ4v) is 4.05. The molecule has 100 valence electrons. The SMILES string of the molecule is CCOC(=O)[C@]1(C#N)C[C@H]1S(=O)(=O)c1ccccc1. The molecule has 0 radical (unpaired) electrons. The van der Waals surface area contributed by atoms with Crippen LogP contribution in [0.2, 0.25) is 0 Å². The highest BCUT2D eigenvalue weighted by atomic mass is 32.2. The summed E-state index contributed by atoms with van der Waals surface area (Å²) < 4.78 is 29.4. The minimum absolute atomic E-state index is 0.000436. The van der Waals surface area contributed by atoms with E-state index in [1.54, 1.807) is 25.1 Å². The summed E-state index contributed by atoms with van der Waals surface area (Å²) in [6, 6.07) is 9.64. The van der Waals surface area contributed by atoms with Gasteiger partial charge in [0.15, 0.2) is 15.3 Å². The summed E-state index contributed by atoms with van der Waals surface area (Å²) in [5.74, 6) is -0.748. The van der Waals surface area contributed by atoms with E-state index in [1.165, 1.54) is 12.1 Å². The van der Waals surface area contributed by atoms with E-state index in [1.807, 2.05) is 6.07 Å². The van der Waals surface area contributed by atoms with E-state index in [0.717, 1.165) is 0 Å². The first-order valence-electron chi connectivity index (χ1n) is 5.86. The van der Waals surface area contributed by atoms with Crippen LogP contribution >= 0.6 is 0 Å². The van der Waals surface area contributed by atoms with E-state index < -0.39 is 26.5 Å². The molecule has 0 bridgehead atoms. The maximum absolute atomic E-state index is 12.3. The third kappa shape index (κ3) is 2.10. The van der Waals surface area contributed by atoms with E-state index in [0.29, 0.717) is 0 Å². The van der Waals surface area contributed by atoms with Crippen molar-refractivity contribution in [2.45, 2.75) is 23.5 Å². The molecular formula is C13H13NO4S. The number of hydrogen-bond donors (Lipinski definition) is 0. The van der Waals surface area contributed by atoms with Crippen LogP contribution in [-0.2, 0) is 19.4 Å². The summed E-state index contributed by atoms with van der Waals surface area (Å²) in [5, 5.41) is 8.11. The number of hydrogen-bond acceptors (Lipinski definition) is 5. The van der Waals surface area contributed by atoms with Crippen molar-refractivity contribution in [2.75, 3.05) is 6.61 Å². The second kappa shape index (κ2) is 4.67. The standard InChI is InChI=1S/C13H13NO4S/c1-2-18-12(15)13(9-14)8-11(13)19(16,17)10-6-4-3-5-7-10/h3-7,11H,2,8H2,1H3/t11-,13+/m1/s1. The van der Waals surface area contributed by atoms with Crippen LogP contribution in [0.15, 0.2) is 35.2 Å². The highest BCUT2D eigenvalue weighted by molar-refractivity contribution is 7.92. The first-order valence-corrected chi connectivity index (χ1v) is 7.41. The predicted octanol–water partition coefficient (Wildman–Crippen LogP) is 1.31. The Morgan fingerprint density at radius 3 is 2.63 bits per heavy atom. The van der Waals surface area contributed by atoms with Gasteiger partial charge in [0.25, 0.3) is 0 Å². The number of carbonyl (C=O) groups excluding carboxylic acids is 1. The zero-order valence-corrected chi connectivity index (χ0v) is 11.2. The number of ether oxygens (including phenoxy) is 1. The molecule has 0 aliphatic heterocycles. The number of rotatable bonds is 4. The van der Waals surface area contributed by atoms with Crippen LogP contribution in [0.25, 0.3) is 0 Å². The maximum Gasteiger partial charge on any atom is 0.327 e. The Hall–Kier alpha value is -1.87. The van der Waals surface area contributed by atoms with Gasteiger partial charge in [0.2, 0.25) is 0 Å². The predicted molar refractivity (Wildman–Crippen MR) is 66.7 cm³/mol. The lowest BCUT2D eigenvalue weighted by atomic mass is 10.1. The fraction of sp³-hybridized carbons (Fsp3) is 0.385. The summed E-state index contributed by atoms with van der Waals surface area (Å²) in [5.41, 5.74) is -1.54. The van der Waals surface area contributed by atoms with E-state index in [9.17, 15) is 13.2 Å². The smallest absolute Gasteiger partial charge is 0.327 e. The lowest BCUT2D eigenvalue weighted by molar-refractivity contribution is -0.147. The van der Waals surface area contributed by atoms with Gasteiger partial charge in [0.1, 0.15) is 0 Å². The molecule has 0 aromatic heterocycles. The third-order valence-electron chi connectivity index (χ3n) is 3.18. The number of nitriles is 1. The Morgan fingerprint density at radius 1 is 1.47 bits per heavy atom. The normalized spacial score (nSPS) is 25.4. The molecule has 19 heavy (non-hydrogen) atoms. The molecule has 1 aromatic rings. The van der Waals surface area contributed by atoms with Gasteiger partial charge in [0.05, 0.1) is 22.8 Å². The molecule has 0 saturated heterocycles. The molecule has 1 aliphatic rings. The topological polar surface area (TPSA) is 84.2 Å². The van der Waals surface area contributed by atoms with E-state index >= 15 is 0 Å². The third-order valence-corrected chi connectivity index (χ3v) is 5.43. The first-order chi connectivity index (χ1) is 8.99. The number of esters is 1. The zero-order valence-electron chi connectivity index (χ0n) is 10.4. The van der Waals surface area contributed by atoms with Gasteiger partial charge in [-0.1, -0.05) is 18.2 Å². The van der Waals surface area contributed by atoms with Crippen molar-refractivity contribution >= 4 is 15.8 Å². The molecule has 1 fully saturated rings. The van der Waals surface area contributed by atoms with Crippen LogP contribution in [0.4, 0.5) is 0 Å². The summed E-state index contributed by atoms with van der Waals surface area (Å²) >= 11 is 0. The lowest BCUT2D eigenvalue weighted by Gasteiger charge is -2.08. The quantitative estimate of drug-likeness (QED) is 0.776. The lowest BCUT2D eigenvalue weighted by Crippen LogP contribution is -2.25. The Balaban J connectivity index is 2.32. The number of benzene rings is 1. The first kappa shape index (κ1) is 13.6. The highest BCUT2D eigenvalue weighted by Gasteiger charge is 2.68. The van der Waals surface area contributed by atoms with Crippen molar-refractivity contribution in [3.8, 4) is 6.07 Å². The monoisotopic (exact) mass is 279 g/mol. The van der Waals surface area contributed by atoms with Crippen LogP contribution in [0.3, 0.4) is 0 Å². The van der Waals surface area contributed by atoms with Crippen LogP contribution in [-0.4, -0.2) is 26.2 Å². The van der Waals surface area contributed by atoms with Crippen LogP contribution in [0.1, 0.15) is 13.3 Å². The zero-order chi connectivity index (χ0) is 14.1. The highest BCUT2D eigenvalue weighted by Crippen LogP contribution is 2.53. The van der Waals surface area contributed by atoms with Crippen molar-refractivity contribution in [3.05, 3.63) is 30.3 Å². The fourth-order valence-electron chi connectivity index (χ4n) is 2.02. The van der Waals surface area contributed by atoms with Crippen LogP contribution in [0.5, 0.6) is 0 Å². The molecule has 2 rings (SSSR count). The Bertz CT molecular complexity index is 632. The molecule has 0 N–H and O–H groups in total. The summed E-state index contributed by atoms with van der Waals surface area (Å²) in [6.45, 7) is 1.74. The van der Waals surface area contributed by atoms with Gasteiger partial charge >= 0.3 is 5.97 Å². The average molecular weight is 279 g/mol. The molecule has 1 saturated carbocycles. The van der Waals surface area contributed by atoms with E-state index in [-0.39, 0.29) is 17.9 Å². The second-order valence-corrected chi connectivity index (χ2v) is 6.48. The van der Waals surface area contributed by atoms with Gasteiger partial charge in [-0.2, -0.15) is 5.26 Å². The molecule has 6 heteroatoms. The van der Waals surface area contributed by atoms with Crippen molar-refractivity contribution in [3.63, 3.8) is 0 Å². The molecule has 0 heterocycles. The van der Waals surface area contributed by atoms with Crippen molar-refractivity contribution in [1.82, 2.24) is 0 Å². The largest absolute Gasteiger partial charge is 0.465 e. The minimum atomic E-state index is -3.67. The molecule has 1 aromatic carbocycles. The van der Waals surface area contributed by atoms with E-state index in [2.05, 4.69) is 0 Å². The second-order valence-electron chi connectivity index (χ2n) is 4.35. The molecule has 5 nitrogen and oxygen atoms in total. The molecule has 0 unspecified atom stereocenters. The molecule has 1 aliphatic carbocycles. The van der Waals surface area contributed by atoms with Crippen molar-refractivity contribution < 1.29 is 17.9 Å². The average Bonchev–Trinajstić information content (AvgIpc) is 3.17. The molecule has 0 spiro atoms. The van der Waals surface area contributed by atoms with E-state index in [4.69, 9.17) is 10.00 Å². The van der Waals surface area contributed by atoms with Gasteiger partial charge in [0, 0.05) is 0 Å². The summed E-state index contributed by atoms with van der Waals surface area (Å²) in [4.78, 5) is 11.9. The minimum Gasteiger partial charge on any atom is -0.465 e. The number of carbonyl (C=O) groups is 1. The molecule has 2 atom stereocenters. The summed E-state index contributed by atoms with van der Waals surface area (Å²) in [7, 11) is -3.67. The Labute approximate surface area is 111 Å². The maximum atomic E-state index is 12.3. The summed E-state index contributed by atoms with van der Waals surface area (Å²) in [6.07, 6.45) is -0.000436. The van der Waals surface area contributed by atoms with Gasteiger partial charge in [-0.25, -0.2) is 8.42 Å². The Kier molecular flexibility index (Phi) is 3.33. The number of sulfone groups is 1. The van der Waals surface area contributed by atoms with Gasteiger partial charge < -0.3 is 4.74 Å². The number of nitrogens with zero attached hydrogens (tertiary/aromatic N) is 1. The van der Waals surface area contributed by atoms with Crippen molar-refractivity contribution in [1.29, 1.82) is 5.26 Å². The molecular weight excluding hydrogens is 266 g/mol. The molecule has 0 amide bonds. The van der Waals surface area contributed by atoms with Gasteiger partial charge in [-0.3, -0.25) is 4.79 Å². The Morgan fingerprint density at radius 2 is 2.11 bits per heavy atom. The van der Waals surface area contributed by atoms with Crippen LogP contribution in [0, 0.1) is 16.7 Å². The van der Waals surface area contributed by atoms with Gasteiger partial charge in [-0.15, -0.1) is 0 Å². The van der Waals surface area contributed by atoms with Gasteiger partial charge in [-0.05, 0) is 25.5 Å².